The summed E-state index contributed by atoms with van der Waals surface area (Å²) in [6.07, 6.45) is 1.72. The largest absolute Gasteiger partial charge is 0.396 e. The molecule has 3 rings (SSSR count). The van der Waals surface area contributed by atoms with Gasteiger partial charge >= 0.3 is 6.03 Å². The summed E-state index contributed by atoms with van der Waals surface area (Å²) in [5.74, 6) is 0.240. The number of hydrogen-bond donors (Lipinski definition) is 2. The Morgan fingerprint density at radius 1 is 1.23 bits per heavy atom. The number of hydrogen-bond acceptors (Lipinski definition) is 2. The van der Waals surface area contributed by atoms with Gasteiger partial charge in [0, 0.05) is 32.2 Å². The number of nitrogens with zero attached hydrogens (tertiary/aromatic N) is 1. The van der Waals surface area contributed by atoms with Crippen molar-refractivity contribution in [2.45, 2.75) is 12.8 Å². The average Bonchev–Trinajstić information content (AvgIpc) is 3.04. The van der Waals surface area contributed by atoms with Crippen LogP contribution in [0.15, 0.2) is 42.5 Å². The van der Waals surface area contributed by atoms with Crippen LogP contribution in [0.25, 0.3) is 10.8 Å². The van der Waals surface area contributed by atoms with E-state index in [1.54, 1.807) is 4.90 Å². The van der Waals surface area contributed by atoms with Gasteiger partial charge in [0.1, 0.15) is 0 Å². The number of rotatable bonds is 4. The first-order chi connectivity index (χ1) is 10.8. The topological polar surface area (TPSA) is 52.6 Å². The Morgan fingerprint density at radius 2 is 2.05 bits per heavy atom. The smallest absolute Gasteiger partial charge is 0.317 e. The molecule has 1 fully saturated rings. The van der Waals surface area contributed by atoms with Gasteiger partial charge in [-0.15, -0.1) is 0 Å². The number of carbonyl (C=O) groups is 1. The molecular weight excluding hydrogens is 276 g/mol. The maximum absolute atomic E-state index is 12.1. The molecule has 1 heterocycles. The van der Waals surface area contributed by atoms with Crippen LogP contribution in [0.1, 0.15) is 12.0 Å². The molecule has 2 aromatic carbocycles. The Labute approximate surface area is 130 Å². The number of amides is 2. The molecule has 0 saturated carbocycles. The van der Waals surface area contributed by atoms with E-state index in [0.717, 1.165) is 19.4 Å². The Kier molecular flexibility index (Phi) is 4.59. The van der Waals surface area contributed by atoms with Crippen LogP contribution in [-0.4, -0.2) is 42.3 Å². The minimum atomic E-state index is -0.0174. The van der Waals surface area contributed by atoms with Crippen molar-refractivity contribution in [1.29, 1.82) is 0 Å². The second kappa shape index (κ2) is 6.79. The maximum Gasteiger partial charge on any atom is 0.317 e. The first kappa shape index (κ1) is 14.9. The van der Waals surface area contributed by atoms with Crippen molar-refractivity contribution in [3.63, 3.8) is 0 Å². The molecule has 4 heteroatoms. The standard InChI is InChI=1S/C18H22N2O2/c21-13-14-9-11-20(12-14)18(22)19-10-8-16-6-3-5-15-4-1-2-7-17(15)16/h1-7,14,21H,8-13H2,(H,19,22)/t14-/m1/s1. The van der Waals surface area contributed by atoms with Gasteiger partial charge in [-0.05, 0) is 29.2 Å². The molecule has 1 aliphatic rings. The van der Waals surface area contributed by atoms with Crippen LogP contribution in [0.2, 0.25) is 0 Å². The SMILES string of the molecule is O=C(NCCc1cccc2ccccc12)N1CC[C@@H](CO)C1. The molecule has 0 bridgehead atoms. The van der Waals surface area contributed by atoms with Crippen LogP contribution in [0.3, 0.4) is 0 Å². The lowest BCUT2D eigenvalue weighted by Crippen LogP contribution is -2.39. The van der Waals surface area contributed by atoms with E-state index < -0.39 is 0 Å². The number of likely N-dealkylation sites (tertiary alicyclic amines) is 1. The van der Waals surface area contributed by atoms with E-state index in [4.69, 9.17) is 5.11 Å². The van der Waals surface area contributed by atoms with Gasteiger partial charge in [-0.2, -0.15) is 0 Å². The zero-order valence-corrected chi connectivity index (χ0v) is 12.7. The van der Waals surface area contributed by atoms with Crippen LogP contribution >= 0.6 is 0 Å². The highest BCUT2D eigenvalue weighted by Crippen LogP contribution is 2.19. The summed E-state index contributed by atoms with van der Waals surface area (Å²) >= 11 is 0. The van der Waals surface area contributed by atoms with Crippen molar-refractivity contribution in [2.75, 3.05) is 26.2 Å². The molecule has 0 unspecified atom stereocenters. The fraction of sp³-hybridized carbons (Fsp3) is 0.389. The highest BCUT2D eigenvalue weighted by Gasteiger charge is 2.25. The molecule has 4 nitrogen and oxygen atoms in total. The summed E-state index contributed by atoms with van der Waals surface area (Å²) in [4.78, 5) is 13.9. The average molecular weight is 298 g/mol. The first-order valence-corrected chi connectivity index (χ1v) is 7.88. The summed E-state index contributed by atoms with van der Waals surface area (Å²) in [6.45, 7) is 2.20. The molecule has 0 radical (unpaired) electrons. The third-order valence-corrected chi connectivity index (χ3v) is 4.38. The van der Waals surface area contributed by atoms with Gasteiger partial charge in [0.25, 0.3) is 0 Å². The highest BCUT2D eigenvalue weighted by atomic mass is 16.3. The van der Waals surface area contributed by atoms with E-state index in [9.17, 15) is 4.79 Å². The summed E-state index contributed by atoms with van der Waals surface area (Å²) < 4.78 is 0. The van der Waals surface area contributed by atoms with Gasteiger partial charge in [-0.25, -0.2) is 4.79 Å². The molecule has 0 spiro atoms. The van der Waals surface area contributed by atoms with E-state index in [0.29, 0.717) is 13.1 Å². The summed E-state index contributed by atoms with van der Waals surface area (Å²) in [5, 5.41) is 14.6. The second-order valence-corrected chi connectivity index (χ2v) is 5.90. The van der Waals surface area contributed by atoms with Crippen LogP contribution in [-0.2, 0) is 6.42 Å². The summed E-state index contributed by atoms with van der Waals surface area (Å²) in [7, 11) is 0. The van der Waals surface area contributed by atoms with E-state index in [-0.39, 0.29) is 18.6 Å². The number of nitrogens with one attached hydrogen (secondary N) is 1. The van der Waals surface area contributed by atoms with Gasteiger partial charge < -0.3 is 15.3 Å². The zero-order valence-electron chi connectivity index (χ0n) is 12.7. The third kappa shape index (κ3) is 3.22. The van der Waals surface area contributed by atoms with E-state index >= 15 is 0 Å². The lowest BCUT2D eigenvalue weighted by atomic mass is 10.0. The van der Waals surface area contributed by atoms with E-state index in [1.807, 2.05) is 12.1 Å². The van der Waals surface area contributed by atoms with Crippen molar-refractivity contribution in [2.24, 2.45) is 5.92 Å². The van der Waals surface area contributed by atoms with E-state index in [2.05, 4.69) is 35.6 Å². The highest BCUT2D eigenvalue weighted by molar-refractivity contribution is 5.85. The van der Waals surface area contributed by atoms with Gasteiger partial charge in [0.2, 0.25) is 0 Å². The summed E-state index contributed by atoms with van der Waals surface area (Å²) in [6, 6.07) is 14.6. The molecule has 0 aliphatic carbocycles. The third-order valence-electron chi connectivity index (χ3n) is 4.38. The lowest BCUT2D eigenvalue weighted by molar-refractivity contribution is 0.198. The minimum absolute atomic E-state index is 0.0174. The van der Waals surface area contributed by atoms with Crippen LogP contribution < -0.4 is 5.32 Å². The minimum Gasteiger partial charge on any atom is -0.396 e. The van der Waals surface area contributed by atoms with Crippen LogP contribution in [0, 0.1) is 5.92 Å². The number of urea groups is 1. The molecule has 1 saturated heterocycles. The Bertz CT molecular complexity index is 651. The van der Waals surface area contributed by atoms with Gasteiger partial charge in [0.05, 0.1) is 0 Å². The first-order valence-electron chi connectivity index (χ1n) is 7.88. The number of aliphatic hydroxyl groups is 1. The fourth-order valence-electron chi connectivity index (χ4n) is 3.09. The van der Waals surface area contributed by atoms with Gasteiger partial charge in [-0.3, -0.25) is 0 Å². The van der Waals surface area contributed by atoms with Crippen LogP contribution in [0.5, 0.6) is 0 Å². The monoisotopic (exact) mass is 298 g/mol. The predicted octanol–water partition coefficient (Wildman–Crippen LogP) is 2.41. The molecule has 1 aliphatic heterocycles. The lowest BCUT2D eigenvalue weighted by Gasteiger charge is -2.17. The molecular formula is C18H22N2O2. The molecule has 116 valence electrons. The second-order valence-electron chi connectivity index (χ2n) is 5.90. The van der Waals surface area contributed by atoms with Gasteiger partial charge in [-0.1, -0.05) is 42.5 Å². The van der Waals surface area contributed by atoms with Crippen LogP contribution in [0.4, 0.5) is 4.79 Å². The molecule has 2 amide bonds. The van der Waals surface area contributed by atoms with E-state index in [1.165, 1.54) is 16.3 Å². The van der Waals surface area contributed by atoms with Gasteiger partial charge in [0.15, 0.2) is 0 Å². The number of benzene rings is 2. The fourth-order valence-corrected chi connectivity index (χ4v) is 3.09. The normalized spacial score (nSPS) is 17.9. The maximum atomic E-state index is 12.1. The van der Waals surface area contributed by atoms with Crippen molar-refractivity contribution >= 4 is 16.8 Å². The molecule has 2 aromatic rings. The molecule has 2 N–H and O–H groups in total. The summed E-state index contributed by atoms with van der Waals surface area (Å²) in [5.41, 5.74) is 1.26. The Balaban J connectivity index is 1.55. The Morgan fingerprint density at radius 3 is 2.86 bits per heavy atom. The van der Waals surface area contributed by atoms with Crippen molar-refractivity contribution < 1.29 is 9.90 Å². The molecule has 1 atom stereocenters. The molecule has 22 heavy (non-hydrogen) atoms. The Hall–Kier alpha value is -2.07. The number of aliphatic hydroxyl groups excluding tert-OH is 1. The van der Waals surface area contributed by atoms with Crippen molar-refractivity contribution in [3.8, 4) is 0 Å². The van der Waals surface area contributed by atoms with Crippen molar-refractivity contribution in [3.05, 3.63) is 48.0 Å². The zero-order chi connectivity index (χ0) is 15.4. The predicted molar refractivity (Wildman–Crippen MR) is 87.8 cm³/mol. The van der Waals surface area contributed by atoms with Crippen molar-refractivity contribution in [1.82, 2.24) is 10.2 Å². The quantitative estimate of drug-likeness (QED) is 0.910. The number of fused-ring (bicyclic) bond motifs is 1. The molecule has 0 aromatic heterocycles. The number of carbonyl (C=O) groups excluding carboxylic acids is 1.